The summed E-state index contributed by atoms with van der Waals surface area (Å²) in [4.78, 5) is 4.18. The van der Waals surface area contributed by atoms with Crippen LogP contribution in [0.4, 0.5) is 0 Å². The second-order valence-electron chi connectivity index (χ2n) is 3.75. The summed E-state index contributed by atoms with van der Waals surface area (Å²) < 4.78 is 10.1. The highest BCUT2D eigenvalue weighted by Gasteiger charge is 2.14. The molecule has 2 rings (SSSR count). The number of nitrogens with zero attached hydrogens (tertiary/aromatic N) is 2. The summed E-state index contributed by atoms with van der Waals surface area (Å²) in [5, 5.41) is 13.6. The molecule has 0 saturated heterocycles. The Hall–Kier alpha value is -2.30. The van der Waals surface area contributed by atoms with Crippen LogP contribution in [0.5, 0.6) is 11.5 Å². The summed E-state index contributed by atoms with van der Waals surface area (Å²) in [6.45, 7) is 11.6. The van der Waals surface area contributed by atoms with E-state index >= 15 is 0 Å². The monoisotopic (exact) mass is 306 g/mol. The first-order valence-electron chi connectivity index (χ1n) is 7.50. The van der Waals surface area contributed by atoms with Crippen LogP contribution in [-0.4, -0.2) is 22.4 Å². The van der Waals surface area contributed by atoms with Crippen molar-refractivity contribution in [1.82, 2.24) is 10.1 Å². The third-order valence-corrected chi connectivity index (χ3v) is 2.47. The number of aromatic hydroxyl groups is 1. The third kappa shape index (κ3) is 4.91. The molecule has 1 N–H and O–H groups in total. The number of hydrogen-bond donors (Lipinski definition) is 1. The molecule has 22 heavy (non-hydrogen) atoms. The molecule has 0 aliphatic heterocycles. The van der Waals surface area contributed by atoms with Crippen molar-refractivity contribution >= 4 is 6.08 Å². The SMILES string of the molecule is C/C=C/c1cc(O)c(OC)cc1-c1noc(C)n1.CC.CC. The Labute approximate surface area is 132 Å². The molecule has 0 fully saturated rings. The van der Waals surface area contributed by atoms with E-state index in [1.54, 1.807) is 19.1 Å². The van der Waals surface area contributed by atoms with Gasteiger partial charge in [0, 0.05) is 12.5 Å². The van der Waals surface area contributed by atoms with Crippen molar-refractivity contribution in [2.24, 2.45) is 0 Å². The van der Waals surface area contributed by atoms with Gasteiger partial charge < -0.3 is 14.4 Å². The van der Waals surface area contributed by atoms with E-state index in [-0.39, 0.29) is 5.75 Å². The van der Waals surface area contributed by atoms with Gasteiger partial charge in [-0.25, -0.2) is 0 Å². The van der Waals surface area contributed by atoms with Gasteiger partial charge >= 0.3 is 0 Å². The Kier molecular flexibility index (Phi) is 9.34. The quantitative estimate of drug-likeness (QED) is 0.878. The van der Waals surface area contributed by atoms with Gasteiger partial charge in [0.15, 0.2) is 11.5 Å². The molecule has 5 nitrogen and oxygen atoms in total. The highest BCUT2D eigenvalue weighted by atomic mass is 16.5. The number of benzene rings is 1. The van der Waals surface area contributed by atoms with Crippen LogP contribution in [-0.2, 0) is 0 Å². The number of allylic oxidation sites excluding steroid dienone is 1. The first-order chi connectivity index (χ1) is 10.7. The van der Waals surface area contributed by atoms with Gasteiger partial charge in [0.1, 0.15) is 0 Å². The van der Waals surface area contributed by atoms with Crippen molar-refractivity contribution in [2.75, 3.05) is 7.11 Å². The van der Waals surface area contributed by atoms with Crippen molar-refractivity contribution in [3.8, 4) is 22.9 Å². The van der Waals surface area contributed by atoms with Crippen molar-refractivity contribution < 1.29 is 14.4 Å². The molecular formula is C17H26N2O3. The maximum Gasteiger partial charge on any atom is 0.223 e. The van der Waals surface area contributed by atoms with E-state index in [1.807, 2.05) is 46.8 Å². The molecule has 0 saturated carbocycles. The predicted molar refractivity (Wildman–Crippen MR) is 90.1 cm³/mol. The minimum Gasteiger partial charge on any atom is -0.504 e. The Morgan fingerprint density at radius 3 is 2.27 bits per heavy atom. The van der Waals surface area contributed by atoms with Crippen LogP contribution < -0.4 is 4.74 Å². The Bertz CT molecular complexity index is 590. The minimum atomic E-state index is 0.0783. The van der Waals surface area contributed by atoms with Gasteiger partial charge in [-0.3, -0.25) is 0 Å². The summed E-state index contributed by atoms with van der Waals surface area (Å²) in [5.41, 5.74) is 1.55. The summed E-state index contributed by atoms with van der Waals surface area (Å²) in [6, 6.07) is 3.30. The van der Waals surface area contributed by atoms with Crippen LogP contribution in [0.25, 0.3) is 17.5 Å². The summed E-state index contributed by atoms with van der Waals surface area (Å²) in [7, 11) is 1.50. The number of hydrogen-bond acceptors (Lipinski definition) is 5. The third-order valence-electron chi connectivity index (χ3n) is 2.47. The van der Waals surface area contributed by atoms with E-state index in [0.29, 0.717) is 17.5 Å². The first-order valence-corrected chi connectivity index (χ1v) is 7.50. The molecular weight excluding hydrogens is 280 g/mol. The Morgan fingerprint density at radius 2 is 1.82 bits per heavy atom. The van der Waals surface area contributed by atoms with Crippen molar-refractivity contribution in [2.45, 2.75) is 41.5 Å². The van der Waals surface area contributed by atoms with Gasteiger partial charge in [-0.05, 0) is 24.6 Å². The molecule has 0 atom stereocenters. The number of aryl methyl sites for hydroxylation is 1. The second kappa shape index (κ2) is 10.4. The average molecular weight is 306 g/mol. The lowest BCUT2D eigenvalue weighted by Crippen LogP contribution is -1.90. The van der Waals surface area contributed by atoms with Gasteiger partial charge in [0.05, 0.1) is 7.11 Å². The van der Waals surface area contributed by atoms with Crippen molar-refractivity contribution in [3.05, 3.63) is 29.7 Å². The fourth-order valence-electron chi connectivity index (χ4n) is 1.67. The number of phenols is 1. The minimum absolute atomic E-state index is 0.0783. The highest BCUT2D eigenvalue weighted by molar-refractivity contribution is 5.74. The standard InChI is InChI=1S/C13H14N2O3.2C2H6/c1-4-5-9-6-11(16)12(17-3)7-10(9)13-14-8(2)18-15-13;2*1-2/h4-7,16H,1-3H3;2*1-2H3/b5-4+;;. The van der Waals surface area contributed by atoms with Gasteiger partial charge in [-0.15, -0.1) is 0 Å². The van der Waals surface area contributed by atoms with Crippen LogP contribution in [0.3, 0.4) is 0 Å². The maximum atomic E-state index is 9.77. The second-order valence-corrected chi connectivity index (χ2v) is 3.75. The van der Waals surface area contributed by atoms with Gasteiger partial charge in [0.2, 0.25) is 11.7 Å². The first kappa shape index (κ1) is 19.7. The van der Waals surface area contributed by atoms with Crippen molar-refractivity contribution in [3.63, 3.8) is 0 Å². The normalized spacial score (nSPS) is 9.59. The summed E-state index contributed by atoms with van der Waals surface area (Å²) in [5.74, 6) is 1.41. The van der Waals surface area contributed by atoms with E-state index in [2.05, 4.69) is 10.1 Å². The molecule has 0 amide bonds. The molecule has 1 aromatic carbocycles. The molecule has 1 aromatic heterocycles. The summed E-state index contributed by atoms with van der Waals surface area (Å²) >= 11 is 0. The topological polar surface area (TPSA) is 68.4 Å². The zero-order chi connectivity index (χ0) is 17.1. The van der Waals surface area contributed by atoms with E-state index in [0.717, 1.165) is 11.1 Å². The fraction of sp³-hybridized carbons (Fsp3) is 0.412. The molecule has 0 spiro atoms. The molecule has 122 valence electrons. The summed E-state index contributed by atoms with van der Waals surface area (Å²) in [6.07, 6.45) is 3.73. The van der Waals surface area contributed by atoms with E-state index in [1.165, 1.54) is 7.11 Å². The molecule has 5 heteroatoms. The smallest absolute Gasteiger partial charge is 0.223 e. The highest BCUT2D eigenvalue weighted by Crippen LogP contribution is 2.34. The molecule has 0 radical (unpaired) electrons. The van der Waals surface area contributed by atoms with Crippen LogP contribution >= 0.6 is 0 Å². The predicted octanol–water partition coefficient (Wildman–Crippen LogP) is 4.84. The van der Waals surface area contributed by atoms with E-state index < -0.39 is 0 Å². The maximum absolute atomic E-state index is 9.77. The molecule has 0 bridgehead atoms. The lowest BCUT2D eigenvalue weighted by Gasteiger charge is -2.08. The van der Waals surface area contributed by atoms with Crippen LogP contribution in [0.15, 0.2) is 22.7 Å². The zero-order valence-corrected chi connectivity index (χ0v) is 14.5. The van der Waals surface area contributed by atoms with Crippen molar-refractivity contribution in [1.29, 1.82) is 0 Å². The zero-order valence-electron chi connectivity index (χ0n) is 14.5. The van der Waals surface area contributed by atoms with E-state index in [9.17, 15) is 5.11 Å². The van der Waals surface area contributed by atoms with Crippen LogP contribution in [0.2, 0.25) is 0 Å². The average Bonchev–Trinajstić information content (AvgIpc) is 2.98. The molecule has 0 unspecified atom stereocenters. The number of rotatable bonds is 3. The molecule has 2 aromatic rings. The Balaban J connectivity index is 0.00000102. The lowest BCUT2D eigenvalue weighted by molar-refractivity contribution is 0.373. The largest absolute Gasteiger partial charge is 0.504 e. The molecule has 1 heterocycles. The number of methoxy groups -OCH3 is 1. The number of ether oxygens (including phenoxy) is 1. The lowest BCUT2D eigenvalue weighted by atomic mass is 10.1. The molecule has 0 aliphatic rings. The van der Waals surface area contributed by atoms with Crippen LogP contribution in [0, 0.1) is 6.92 Å². The Morgan fingerprint density at radius 1 is 1.18 bits per heavy atom. The van der Waals surface area contributed by atoms with Gasteiger partial charge in [-0.1, -0.05) is 45.0 Å². The van der Waals surface area contributed by atoms with Gasteiger partial charge in [-0.2, -0.15) is 4.98 Å². The molecule has 0 aliphatic carbocycles. The number of aromatic nitrogens is 2. The van der Waals surface area contributed by atoms with Crippen LogP contribution in [0.1, 0.15) is 46.1 Å². The van der Waals surface area contributed by atoms with Gasteiger partial charge in [0.25, 0.3) is 0 Å². The fourth-order valence-corrected chi connectivity index (χ4v) is 1.67. The number of phenolic OH excluding ortho intramolecular Hbond substituents is 1. The van der Waals surface area contributed by atoms with E-state index in [4.69, 9.17) is 9.26 Å².